The summed E-state index contributed by atoms with van der Waals surface area (Å²) in [6, 6.07) is 2.96. The lowest BCUT2D eigenvalue weighted by Gasteiger charge is -2.36. The molecule has 2 saturated heterocycles. The molecule has 2 heterocycles. The Kier molecular flexibility index (Phi) is 6.01. The van der Waals surface area contributed by atoms with Crippen molar-refractivity contribution in [3.05, 3.63) is 29.0 Å². The van der Waals surface area contributed by atoms with Gasteiger partial charge in [-0.25, -0.2) is 22.5 Å². The van der Waals surface area contributed by atoms with Crippen LogP contribution in [0.15, 0.2) is 23.1 Å². The van der Waals surface area contributed by atoms with Crippen molar-refractivity contribution in [2.45, 2.75) is 43.0 Å². The number of halogens is 2. The molecule has 1 N–H and O–H groups in total. The molecular formula is C20H26ClFN4O4S. The molecule has 1 spiro atoms. The van der Waals surface area contributed by atoms with E-state index < -0.39 is 21.4 Å². The van der Waals surface area contributed by atoms with Crippen molar-refractivity contribution in [2.24, 2.45) is 5.92 Å². The van der Waals surface area contributed by atoms with Crippen LogP contribution < -0.4 is 5.32 Å². The van der Waals surface area contributed by atoms with Gasteiger partial charge in [-0.1, -0.05) is 18.5 Å². The van der Waals surface area contributed by atoms with E-state index in [0.717, 1.165) is 25.0 Å². The Bertz CT molecular complexity index is 989. The molecule has 0 atom stereocenters. The van der Waals surface area contributed by atoms with E-state index >= 15 is 0 Å². The van der Waals surface area contributed by atoms with Crippen LogP contribution in [0, 0.1) is 11.7 Å². The predicted molar refractivity (Wildman–Crippen MR) is 112 cm³/mol. The summed E-state index contributed by atoms with van der Waals surface area (Å²) in [7, 11) is -3.81. The number of imide groups is 1. The first kappa shape index (κ1) is 22.4. The lowest BCUT2D eigenvalue weighted by Crippen LogP contribution is -2.53. The zero-order chi connectivity index (χ0) is 22.4. The average molecular weight is 473 g/mol. The van der Waals surface area contributed by atoms with Crippen molar-refractivity contribution >= 4 is 33.6 Å². The van der Waals surface area contributed by atoms with Gasteiger partial charge in [-0.2, -0.15) is 4.31 Å². The minimum Gasteiger partial charge on any atom is -0.323 e. The first-order chi connectivity index (χ1) is 14.6. The molecule has 1 aromatic rings. The Hall–Kier alpha value is -1.75. The molecule has 0 radical (unpaired) electrons. The Morgan fingerprint density at radius 3 is 2.42 bits per heavy atom. The molecule has 31 heavy (non-hydrogen) atoms. The van der Waals surface area contributed by atoms with Crippen LogP contribution in [0.2, 0.25) is 5.02 Å². The fourth-order valence-electron chi connectivity index (χ4n) is 4.50. The van der Waals surface area contributed by atoms with E-state index in [9.17, 15) is 22.4 Å². The summed E-state index contributed by atoms with van der Waals surface area (Å²) in [5.74, 6) is -0.306. The lowest BCUT2D eigenvalue weighted by molar-refractivity contribution is -0.134. The zero-order valence-corrected chi connectivity index (χ0v) is 18.9. The third-order valence-corrected chi connectivity index (χ3v) is 8.76. The number of nitrogens with one attached hydrogen (secondary N) is 1. The van der Waals surface area contributed by atoms with Gasteiger partial charge in [0.25, 0.3) is 5.91 Å². The second kappa shape index (κ2) is 8.31. The Balaban J connectivity index is 1.37. The summed E-state index contributed by atoms with van der Waals surface area (Å²) in [6.45, 7) is 3.43. The maximum absolute atomic E-state index is 13.4. The molecule has 4 rings (SSSR count). The Morgan fingerprint density at radius 2 is 1.81 bits per heavy atom. The number of carbonyl (C=O) groups excluding carboxylic acids is 2. The summed E-state index contributed by atoms with van der Waals surface area (Å²) in [5.41, 5.74) is -0.781. The number of piperazine rings is 1. The van der Waals surface area contributed by atoms with Gasteiger partial charge in [0.05, 0.1) is 16.6 Å². The summed E-state index contributed by atoms with van der Waals surface area (Å²) < 4.78 is 40.4. The van der Waals surface area contributed by atoms with E-state index in [2.05, 4.69) is 12.2 Å². The van der Waals surface area contributed by atoms with Crippen molar-refractivity contribution in [1.82, 2.24) is 19.4 Å². The van der Waals surface area contributed by atoms with Crippen LogP contribution in [0.4, 0.5) is 9.18 Å². The van der Waals surface area contributed by atoms with E-state index in [0.29, 0.717) is 31.8 Å². The van der Waals surface area contributed by atoms with Gasteiger partial charge in [0.1, 0.15) is 11.4 Å². The molecule has 2 aliphatic heterocycles. The van der Waals surface area contributed by atoms with Crippen molar-refractivity contribution in [1.29, 1.82) is 0 Å². The molecule has 1 aromatic carbocycles. The molecule has 3 aliphatic rings. The standard InChI is InChI=1S/C20H26ClFN4O4S/c1-14-4-6-20(7-5-14)18(27)26(19(28)23-20)13-24-8-10-25(11-9-24)31(29,30)15-2-3-17(22)16(21)12-15/h2-3,12,14H,4-11,13H2,1H3,(H,23,28). The highest BCUT2D eigenvalue weighted by Gasteiger charge is 2.52. The first-order valence-corrected chi connectivity index (χ1v) is 12.3. The SMILES string of the molecule is CC1CCC2(CC1)NC(=O)N(CN1CCN(S(=O)(=O)c3ccc(F)c(Cl)c3)CC1)C2=O. The van der Waals surface area contributed by atoms with E-state index in [4.69, 9.17) is 11.6 Å². The fraction of sp³-hybridized carbons (Fsp3) is 0.600. The molecule has 1 saturated carbocycles. The van der Waals surface area contributed by atoms with Gasteiger partial charge in [-0.05, 0) is 49.8 Å². The monoisotopic (exact) mass is 472 g/mol. The van der Waals surface area contributed by atoms with Gasteiger partial charge in [-0.3, -0.25) is 9.69 Å². The molecule has 11 heteroatoms. The maximum Gasteiger partial charge on any atom is 0.326 e. The van der Waals surface area contributed by atoms with Crippen molar-refractivity contribution in [3.63, 3.8) is 0 Å². The minimum atomic E-state index is -3.81. The molecule has 1 aliphatic carbocycles. The maximum atomic E-state index is 13.4. The molecule has 0 bridgehead atoms. The average Bonchev–Trinajstić information content (AvgIpc) is 2.97. The van der Waals surface area contributed by atoms with Crippen molar-refractivity contribution in [3.8, 4) is 0 Å². The normalized spacial score (nSPS) is 28.4. The summed E-state index contributed by atoms with van der Waals surface area (Å²) >= 11 is 5.73. The van der Waals surface area contributed by atoms with Gasteiger partial charge in [0.15, 0.2) is 0 Å². The van der Waals surface area contributed by atoms with E-state index in [-0.39, 0.29) is 41.6 Å². The smallest absolute Gasteiger partial charge is 0.323 e. The first-order valence-electron chi connectivity index (χ1n) is 10.4. The molecule has 0 aromatic heterocycles. The number of sulfonamides is 1. The van der Waals surface area contributed by atoms with Crippen LogP contribution in [0.1, 0.15) is 32.6 Å². The third-order valence-electron chi connectivity index (χ3n) is 6.58. The summed E-state index contributed by atoms with van der Waals surface area (Å²) in [4.78, 5) is 28.6. The van der Waals surface area contributed by atoms with E-state index in [1.165, 1.54) is 15.3 Å². The number of carbonyl (C=O) groups is 2. The highest BCUT2D eigenvalue weighted by Crippen LogP contribution is 2.36. The van der Waals surface area contributed by atoms with Crippen LogP contribution in [0.5, 0.6) is 0 Å². The van der Waals surface area contributed by atoms with Gasteiger partial charge in [-0.15, -0.1) is 0 Å². The second-order valence-electron chi connectivity index (χ2n) is 8.67. The Labute approximate surface area is 186 Å². The molecule has 170 valence electrons. The zero-order valence-electron chi connectivity index (χ0n) is 17.3. The number of nitrogens with zero attached hydrogens (tertiary/aromatic N) is 3. The molecule has 3 amide bonds. The van der Waals surface area contributed by atoms with Gasteiger partial charge in [0.2, 0.25) is 10.0 Å². The fourth-order valence-corrected chi connectivity index (χ4v) is 6.19. The van der Waals surface area contributed by atoms with Crippen LogP contribution in [0.3, 0.4) is 0 Å². The Morgan fingerprint density at radius 1 is 1.16 bits per heavy atom. The van der Waals surface area contributed by atoms with Gasteiger partial charge < -0.3 is 5.32 Å². The number of hydrogen-bond acceptors (Lipinski definition) is 5. The van der Waals surface area contributed by atoms with Crippen LogP contribution in [-0.2, 0) is 14.8 Å². The topological polar surface area (TPSA) is 90.0 Å². The summed E-state index contributed by atoms with van der Waals surface area (Å²) in [5, 5.41) is 2.66. The largest absolute Gasteiger partial charge is 0.326 e. The highest BCUT2D eigenvalue weighted by molar-refractivity contribution is 7.89. The molecule has 3 fully saturated rings. The quantitative estimate of drug-likeness (QED) is 0.679. The van der Waals surface area contributed by atoms with Crippen molar-refractivity contribution in [2.75, 3.05) is 32.8 Å². The molecule has 8 nitrogen and oxygen atoms in total. The van der Waals surface area contributed by atoms with Gasteiger partial charge in [0, 0.05) is 26.2 Å². The third kappa shape index (κ3) is 4.18. The van der Waals surface area contributed by atoms with Crippen LogP contribution in [-0.4, -0.2) is 72.8 Å². The minimum absolute atomic E-state index is 0.0603. The predicted octanol–water partition coefficient (Wildman–Crippen LogP) is 2.24. The van der Waals surface area contributed by atoms with E-state index in [1.807, 2.05) is 4.90 Å². The molecule has 0 unspecified atom stereocenters. The summed E-state index contributed by atoms with van der Waals surface area (Å²) in [6.07, 6.45) is 3.12. The van der Waals surface area contributed by atoms with Crippen molar-refractivity contribution < 1.29 is 22.4 Å². The van der Waals surface area contributed by atoms with Gasteiger partial charge >= 0.3 is 6.03 Å². The second-order valence-corrected chi connectivity index (χ2v) is 11.0. The number of urea groups is 1. The van der Waals surface area contributed by atoms with Crippen LogP contribution in [0.25, 0.3) is 0 Å². The highest BCUT2D eigenvalue weighted by atomic mass is 35.5. The number of hydrogen-bond donors (Lipinski definition) is 1. The van der Waals surface area contributed by atoms with Crippen LogP contribution >= 0.6 is 11.6 Å². The van der Waals surface area contributed by atoms with E-state index in [1.54, 1.807) is 0 Å². The number of benzene rings is 1. The molecular weight excluding hydrogens is 447 g/mol. The number of rotatable bonds is 4. The lowest BCUT2D eigenvalue weighted by atomic mass is 9.77. The number of amides is 3.